The Hall–Kier alpha value is -5.00. The number of carbonyl (C=O) groups excluding carboxylic acids is 6. The number of methoxy groups -OCH3 is 1. The average molecular weight is 757 g/mol. The first-order chi connectivity index (χ1) is 25.0. The molecule has 18 heteroatoms. The van der Waals surface area contributed by atoms with Crippen LogP contribution >= 0.6 is 0 Å². The number of carbonyl (C=O) groups is 6. The summed E-state index contributed by atoms with van der Waals surface area (Å²) in [6, 6.07) is 4.55. The summed E-state index contributed by atoms with van der Waals surface area (Å²) in [5.41, 5.74) is -2.48. The van der Waals surface area contributed by atoms with E-state index in [0.29, 0.717) is 35.5 Å². The fraction of sp³-hybridized carbons (Fsp3) is 0.571. The molecule has 3 heterocycles. The minimum absolute atomic E-state index is 0.0429. The molecular formula is C35H44N6O11S. The summed E-state index contributed by atoms with van der Waals surface area (Å²) in [5, 5.41) is 6.39. The number of hydrogen-bond donors (Lipinski definition) is 3. The first kappa shape index (κ1) is 37.7. The topological polar surface area (TPSA) is 220 Å². The number of ether oxygens (including phenoxy) is 2. The molecule has 17 nitrogen and oxygen atoms in total. The van der Waals surface area contributed by atoms with Gasteiger partial charge in [-0.1, -0.05) is 34.1 Å². The Labute approximate surface area is 306 Å². The summed E-state index contributed by atoms with van der Waals surface area (Å²) in [6.45, 7) is 6.70. The third kappa shape index (κ3) is 7.72. The normalized spacial score (nSPS) is 24.8. The molecule has 0 bridgehead atoms. The molecule has 2 saturated heterocycles. The molecule has 0 spiro atoms. The Kier molecular flexibility index (Phi) is 10.0. The predicted octanol–water partition coefficient (Wildman–Crippen LogP) is 1.69. The number of aromatic nitrogens is 1. The zero-order valence-electron chi connectivity index (χ0n) is 30.2. The standard InChI is InChI=1S/C35H44N6O11S/c1-6-20-17-35(20,32(46)39-53(48,49)23-8-9-23)38-29(44)25-16-22(51-30-24-10-7-21(50-5)15-19(24)13-14-36-30)18-40(25)31(45)28(34(2,3)4)37-33(47)52-41-26(42)11-12-27(41)43/h7,10,13-15,20,22-23,25,28H,6,8-9,11-12,16-18H2,1-5H3,(H,37,47)(H,38,44)(H,39,46)/t20-,22-,25+,28-,35-/m1/s1. The second kappa shape index (κ2) is 14.1. The van der Waals surface area contributed by atoms with Gasteiger partial charge in [0, 0.05) is 30.8 Å². The molecule has 5 atom stereocenters. The van der Waals surface area contributed by atoms with Gasteiger partial charge in [-0.2, -0.15) is 0 Å². The molecule has 0 unspecified atom stereocenters. The molecular weight excluding hydrogens is 712 g/mol. The van der Waals surface area contributed by atoms with Crippen LogP contribution in [-0.4, -0.2) is 102 Å². The molecule has 2 aliphatic carbocycles. The van der Waals surface area contributed by atoms with E-state index < -0.39 is 80.0 Å². The van der Waals surface area contributed by atoms with Crippen LogP contribution in [0, 0.1) is 11.3 Å². The molecule has 4 aliphatic rings. The van der Waals surface area contributed by atoms with Crippen LogP contribution in [0.3, 0.4) is 0 Å². The SMILES string of the molecule is CC[C@@H]1C[C@]1(NC(=O)[C@@H]1C[C@@H](Oc2nccc3cc(OC)ccc23)CN1C(=O)[C@@H](NC(=O)ON1C(=O)CCC1=O)C(C)(C)C)C(=O)NS(=O)(=O)C1CC1. The third-order valence-electron chi connectivity index (χ3n) is 10.2. The molecule has 2 aromatic rings. The van der Waals surface area contributed by atoms with Gasteiger partial charge < -0.3 is 29.8 Å². The van der Waals surface area contributed by atoms with Crippen molar-refractivity contribution in [2.45, 2.75) is 102 Å². The van der Waals surface area contributed by atoms with Crippen molar-refractivity contribution in [3.63, 3.8) is 0 Å². The number of nitrogens with one attached hydrogen (secondary N) is 3. The van der Waals surface area contributed by atoms with Crippen molar-refractivity contribution in [3.05, 3.63) is 30.5 Å². The lowest BCUT2D eigenvalue weighted by atomic mass is 9.85. The van der Waals surface area contributed by atoms with E-state index in [1.54, 1.807) is 58.3 Å². The highest BCUT2D eigenvalue weighted by molar-refractivity contribution is 7.91. The zero-order chi connectivity index (χ0) is 38.5. The largest absolute Gasteiger partial charge is 0.497 e. The van der Waals surface area contributed by atoms with E-state index in [-0.39, 0.29) is 44.0 Å². The van der Waals surface area contributed by atoms with Crippen LogP contribution in [-0.2, 0) is 38.8 Å². The Morgan fingerprint density at radius 2 is 1.77 bits per heavy atom. The van der Waals surface area contributed by atoms with E-state index in [0.717, 1.165) is 5.39 Å². The minimum Gasteiger partial charge on any atom is -0.497 e. The van der Waals surface area contributed by atoms with Crippen molar-refractivity contribution in [2.24, 2.45) is 11.3 Å². The fourth-order valence-electron chi connectivity index (χ4n) is 6.88. The number of hydroxylamine groups is 2. The summed E-state index contributed by atoms with van der Waals surface area (Å²) >= 11 is 0. The van der Waals surface area contributed by atoms with Gasteiger partial charge in [0.1, 0.15) is 29.5 Å². The van der Waals surface area contributed by atoms with Crippen molar-refractivity contribution in [1.29, 1.82) is 0 Å². The second-order valence-electron chi connectivity index (χ2n) is 15.0. The molecule has 6 rings (SSSR count). The van der Waals surface area contributed by atoms with Crippen molar-refractivity contribution in [3.8, 4) is 11.6 Å². The highest BCUT2D eigenvalue weighted by atomic mass is 32.2. The molecule has 286 valence electrons. The molecule has 0 radical (unpaired) electrons. The maximum atomic E-state index is 14.5. The Balaban J connectivity index is 1.27. The van der Waals surface area contributed by atoms with E-state index in [1.165, 1.54) is 4.90 Å². The van der Waals surface area contributed by atoms with Crippen LogP contribution in [0.4, 0.5) is 4.79 Å². The van der Waals surface area contributed by atoms with E-state index in [2.05, 4.69) is 20.3 Å². The van der Waals surface area contributed by atoms with Gasteiger partial charge in [-0.3, -0.25) is 28.7 Å². The van der Waals surface area contributed by atoms with Gasteiger partial charge in [-0.25, -0.2) is 18.2 Å². The summed E-state index contributed by atoms with van der Waals surface area (Å²) < 4.78 is 39.2. The first-order valence-corrected chi connectivity index (χ1v) is 19.1. The van der Waals surface area contributed by atoms with E-state index in [4.69, 9.17) is 14.3 Å². The smallest absolute Gasteiger partial charge is 0.432 e. The number of hydrogen-bond acceptors (Lipinski definition) is 12. The molecule has 1 aromatic heterocycles. The van der Waals surface area contributed by atoms with Crippen LogP contribution in [0.2, 0.25) is 0 Å². The maximum absolute atomic E-state index is 14.5. The number of imide groups is 1. The summed E-state index contributed by atoms with van der Waals surface area (Å²) in [4.78, 5) is 90.0. The number of pyridine rings is 1. The van der Waals surface area contributed by atoms with Gasteiger partial charge in [0.25, 0.3) is 17.7 Å². The quantitative estimate of drug-likeness (QED) is 0.264. The van der Waals surface area contributed by atoms with Crippen LogP contribution in [0.5, 0.6) is 11.6 Å². The number of likely N-dealkylation sites (tertiary alicyclic amines) is 1. The summed E-state index contributed by atoms with van der Waals surface area (Å²) in [5.74, 6) is -3.12. The molecule has 1 aromatic carbocycles. The van der Waals surface area contributed by atoms with Crippen LogP contribution in [0.15, 0.2) is 30.5 Å². The summed E-state index contributed by atoms with van der Waals surface area (Å²) in [7, 11) is -2.36. The van der Waals surface area contributed by atoms with Gasteiger partial charge >= 0.3 is 6.09 Å². The molecule has 2 aliphatic heterocycles. The average Bonchev–Trinajstić information content (AvgIpc) is 4.02. The van der Waals surface area contributed by atoms with Crippen molar-refractivity contribution >= 4 is 56.4 Å². The van der Waals surface area contributed by atoms with Crippen LogP contribution < -0.4 is 24.8 Å². The number of nitrogens with zero attached hydrogens (tertiary/aromatic N) is 3. The van der Waals surface area contributed by atoms with Gasteiger partial charge in [0.2, 0.25) is 27.7 Å². The number of benzene rings is 1. The van der Waals surface area contributed by atoms with E-state index in [9.17, 15) is 37.2 Å². The van der Waals surface area contributed by atoms with Crippen LogP contribution in [0.1, 0.15) is 72.6 Å². The molecule has 2 saturated carbocycles. The number of rotatable bonds is 12. The molecule has 53 heavy (non-hydrogen) atoms. The number of amides is 6. The number of sulfonamides is 1. The second-order valence-corrected chi connectivity index (χ2v) is 17.0. The van der Waals surface area contributed by atoms with Gasteiger partial charge in [-0.05, 0) is 60.2 Å². The molecule has 3 N–H and O–H groups in total. The summed E-state index contributed by atoms with van der Waals surface area (Å²) in [6.07, 6.45) is 0.832. The van der Waals surface area contributed by atoms with Gasteiger partial charge in [0.05, 0.1) is 18.9 Å². The number of fused-ring (bicyclic) bond motifs is 1. The lowest BCUT2D eigenvalue weighted by Gasteiger charge is -2.35. The highest BCUT2D eigenvalue weighted by Gasteiger charge is 2.62. The van der Waals surface area contributed by atoms with Crippen molar-refractivity contribution in [2.75, 3.05) is 13.7 Å². The van der Waals surface area contributed by atoms with Gasteiger partial charge in [-0.15, -0.1) is 5.06 Å². The predicted molar refractivity (Wildman–Crippen MR) is 186 cm³/mol. The van der Waals surface area contributed by atoms with Crippen molar-refractivity contribution in [1.82, 2.24) is 30.3 Å². The third-order valence-corrected chi connectivity index (χ3v) is 12.0. The lowest BCUT2D eigenvalue weighted by Crippen LogP contribution is -2.60. The Morgan fingerprint density at radius 3 is 2.38 bits per heavy atom. The Bertz CT molecular complexity index is 1950. The fourth-order valence-corrected chi connectivity index (χ4v) is 8.24. The van der Waals surface area contributed by atoms with E-state index in [1.807, 2.05) is 6.92 Å². The monoisotopic (exact) mass is 756 g/mol. The van der Waals surface area contributed by atoms with Gasteiger partial charge in [0.15, 0.2) is 0 Å². The molecule has 6 amide bonds. The zero-order valence-corrected chi connectivity index (χ0v) is 31.0. The minimum atomic E-state index is -3.91. The van der Waals surface area contributed by atoms with Crippen molar-refractivity contribution < 1.29 is 51.5 Å². The first-order valence-electron chi connectivity index (χ1n) is 17.6. The van der Waals surface area contributed by atoms with E-state index >= 15 is 0 Å². The highest BCUT2D eigenvalue weighted by Crippen LogP contribution is 2.47. The Morgan fingerprint density at radius 1 is 1.08 bits per heavy atom. The molecule has 4 fully saturated rings. The maximum Gasteiger partial charge on any atom is 0.432 e. The van der Waals surface area contributed by atoms with Crippen LogP contribution in [0.25, 0.3) is 10.8 Å². The lowest BCUT2D eigenvalue weighted by molar-refractivity contribution is -0.171.